The zero-order chi connectivity index (χ0) is 11.0. The van der Waals surface area contributed by atoms with E-state index in [1.54, 1.807) is 19.9 Å². The first-order chi connectivity index (χ1) is 6.57. The number of hydroxylamine groups is 1. The van der Waals surface area contributed by atoms with Crippen LogP contribution in [0.2, 0.25) is 0 Å². The number of rotatable bonds is 6. The number of allylic oxidation sites excluding steroid dienone is 1. The van der Waals surface area contributed by atoms with Crippen molar-refractivity contribution in [3.8, 4) is 0 Å². The van der Waals surface area contributed by atoms with Gasteiger partial charge in [0.05, 0.1) is 6.10 Å². The Morgan fingerprint density at radius 3 is 2.64 bits per heavy atom. The Morgan fingerprint density at radius 1 is 1.50 bits per heavy atom. The van der Waals surface area contributed by atoms with Crippen LogP contribution in [0.25, 0.3) is 0 Å². The fourth-order valence-electron chi connectivity index (χ4n) is 0.801. The molecule has 0 saturated heterocycles. The summed E-state index contributed by atoms with van der Waals surface area (Å²) in [6, 6.07) is -0.358. The van der Waals surface area contributed by atoms with Gasteiger partial charge in [0.25, 0.3) is 0 Å². The summed E-state index contributed by atoms with van der Waals surface area (Å²) in [5.74, 6) is 0. The van der Waals surface area contributed by atoms with Gasteiger partial charge >= 0.3 is 0 Å². The molecule has 0 rings (SSSR count). The zero-order valence-electron chi connectivity index (χ0n) is 9.18. The second-order valence-electron chi connectivity index (χ2n) is 3.43. The maximum Gasteiger partial charge on any atom is 0.205 e. The molecule has 4 heteroatoms. The lowest BCUT2D eigenvalue weighted by molar-refractivity contribution is -0.463. The minimum atomic E-state index is -0.588. The van der Waals surface area contributed by atoms with Crippen molar-refractivity contribution in [2.24, 2.45) is 5.11 Å². The molecule has 0 unspecified atom stereocenters. The molecule has 0 saturated carbocycles. The second-order valence-corrected chi connectivity index (χ2v) is 3.43. The van der Waals surface area contributed by atoms with Gasteiger partial charge in [0, 0.05) is 0 Å². The standard InChI is InChI=1S/C10H20N2O2/c1-4-5-6-7-8-12(14)11-9(2)10(3)13/h7-10,13H,4-6H2,1-3H3/b8-7+,12-11?/t9-,10+/m1/s1. The molecule has 82 valence electrons. The summed E-state index contributed by atoms with van der Waals surface area (Å²) in [4.78, 5) is 0.521. The molecule has 0 aromatic rings. The van der Waals surface area contributed by atoms with Crippen LogP contribution in [0, 0.1) is 5.21 Å². The predicted molar refractivity (Wildman–Crippen MR) is 55.9 cm³/mol. The molecule has 4 nitrogen and oxygen atoms in total. The van der Waals surface area contributed by atoms with E-state index >= 15 is 0 Å². The van der Waals surface area contributed by atoms with Gasteiger partial charge in [-0.2, -0.15) is 0 Å². The van der Waals surface area contributed by atoms with Crippen LogP contribution in [0.15, 0.2) is 17.4 Å². The SMILES string of the molecule is CCCC/C=C/[N+]([O-])=N[C@H](C)[C@H](C)O. The largest absolute Gasteiger partial charge is 0.595 e. The van der Waals surface area contributed by atoms with Crippen LogP contribution in [0.4, 0.5) is 0 Å². The smallest absolute Gasteiger partial charge is 0.205 e. The van der Waals surface area contributed by atoms with Crippen LogP contribution in [-0.2, 0) is 0 Å². The highest BCUT2D eigenvalue weighted by molar-refractivity contribution is 4.71. The highest BCUT2D eigenvalue weighted by Crippen LogP contribution is 1.99. The van der Waals surface area contributed by atoms with Gasteiger partial charge in [0.2, 0.25) is 6.20 Å². The molecule has 0 aromatic carbocycles. The third-order valence-corrected chi connectivity index (χ3v) is 1.95. The van der Waals surface area contributed by atoms with Crippen LogP contribution in [-0.4, -0.2) is 22.1 Å². The molecule has 0 aliphatic carbocycles. The lowest BCUT2D eigenvalue weighted by atomic mass is 10.2. The molecule has 14 heavy (non-hydrogen) atoms. The highest BCUT2D eigenvalue weighted by atomic mass is 16.5. The summed E-state index contributed by atoms with van der Waals surface area (Å²) < 4.78 is 0. The lowest BCUT2D eigenvalue weighted by Crippen LogP contribution is -2.18. The van der Waals surface area contributed by atoms with Crippen molar-refractivity contribution in [2.75, 3.05) is 0 Å². The van der Waals surface area contributed by atoms with E-state index in [0.29, 0.717) is 4.86 Å². The van der Waals surface area contributed by atoms with E-state index in [-0.39, 0.29) is 6.04 Å². The molecule has 1 N–H and O–H groups in total. The number of hydrogen-bond acceptors (Lipinski definition) is 3. The molecule has 2 atom stereocenters. The van der Waals surface area contributed by atoms with Crippen molar-refractivity contribution in [3.05, 3.63) is 17.5 Å². The maximum atomic E-state index is 11.1. The summed E-state index contributed by atoms with van der Waals surface area (Å²) in [5.41, 5.74) is 0. The first-order valence-corrected chi connectivity index (χ1v) is 5.09. The fourth-order valence-corrected chi connectivity index (χ4v) is 0.801. The molecule has 0 radical (unpaired) electrons. The summed E-state index contributed by atoms with van der Waals surface area (Å²) in [7, 11) is 0. The van der Waals surface area contributed by atoms with Gasteiger partial charge in [-0.3, -0.25) is 0 Å². The van der Waals surface area contributed by atoms with Crippen molar-refractivity contribution >= 4 is 0 Å². The minimum absolute atomic E-state index is 0.358. The van der Waals surface area contributed by atoms with Crippen molar-refractivity contribution in [3.63, 3.8) is 0 Å². The van der Waals surface area contributed by atoms with Crippen LogP contribution in [0.1, 0.15) is 40.0 Å². The molecule has 0 amide bonds. The molecular formula is C10H20N2O2. The maximum absolute atomic E-state index is 11.1. The molecule has 0 spiro atoms. The Labute approximate surface area is 85.5 Å². The summed E-state index contributed by atoms with van der Waals surface area (Å²) in [5, 5.41) is 23.9. The Balaban J connectivity index is 3.93. The van der Waals surface area contributed by atoms with Gasteiger partial charge in [-0.05, 0) is 37.9 Å². The summed E-state index contributed by atoms with van der Waals surface area (Å²) in [6.07, 6.45) is 5.70. The number of aliphatic hydroxyl groups is 1. The minimum Gasteiger partial charge on any atom is -0.595 e. The highest BCUT2D eigenvalue weighted by Gasteiger charge is 2.09. The second kappa shape index (κ2) is 7.50. The Bertz CT molecular complexity index is 200. The average Bonchev–Trinajstić information content (AvgIpc) is 2.12. The average molecular weight is 200 g/mol. The van der Waals surface area contributed by atoms with E-state index in [1.807, 2.05) is 0 Å². The van der Waals surface area contributed by atoms with Crippen LogP contribution < -0.4 is 0 Å². The Kier molecular flexibility index (Phi) is 7.02. The van der Waals surface area contributed by atoms with E-state index in [4.69, 9.17) is 5.11 Å². The van der Waals surface area contributed by atoms with Crippen molar-refractivity contribution in [1.82, 2.24) is 0 Å². The van der Waals surface area contributed by atoms with E-state index in [9.17, 15) is 5.21 Å². The molecule has 0 aliphatic heterocycles. The van der Waals surface area contributed by atoms with Gasteiger partial charge < -0.3 is 10.3 Å². The topological polar surface area (TPSA) is 58.7 Å². The van der Waals surface area contributed by atoms with Crippen molar-refractivity contribution in [2.45, 2.75) is 52.2 Å². The molecule has 0 fully saturated rings. The Hall–Kier alpha value is -0.900. The van der Waals surface area contributed by atoms with E-state index < -0.39 is 6.10 Å². The van der Waals surface area contributed by atoms with E-state index in [2.05, 4.69) is 12.0 Å². The van der Waals surface area contributed by atoms with Gasteiger partial charge in [-0.25, -0.2) is 0 Å². The van der Waals surface area contributed by atoms with Gasteiger partial charge in [-0.1, -0.05) is 18.2 Å². The molecule has 0 aromatic heterocycles. The zero-order valence-corrected chi connectivity index (χ0v) is 9.18. The fraction of sp³-hybridized carbons (Fsp3) is 0.800. The number of hydrogen-bond donors (Lipinski definition) is 1. The molecule has 0 bridgehead atoms. The van der Waals surface area contributed by atoms with Crippen molar-refractivity contribution in [1.29, 1.82) is 0 Å². The van der Waals surface area contributed by atoms with E-state index in [0.717, 1.165) is 19.3 Å². The molecule has 0 heterocycles. The first kappa shape index (κ1) is 13.1. The number of nitrogens with zero attached hydrogens (tertiary/aromatic N) is 2. The third-order valence-electron chi connectivity index (χ3n) is 1.95. The lowest BCUT2D eigenvalue weighted by Gasteiger charge is -2.05. The Morgan fingerprint density at radius 2 is 2.14 bits per heavy atom. The van der Waals surface area contributed by atoms with Gasteiger partial charge in [0.15, 0.2) is 0 Å². The van der Waals surface area contributed by atoms with Crippen LogP contribution >= 0.6 is 0 Å². The van der Waals surface area contributed by atoms with Crippen molar-refractivity contribution < 1.29 is 9.97 Å². The van der Waals surface area contributed by atoms with E-state index in [1.165, 1.54) is 6.20 Å². The summed E-state index contributed by atoms with van der Waals surface area (Å²) >= 11 is 0. The molecule has 0 aliphatic rings. The first-order valence-electron chi connectivity index (χ1n) is 5.09. The van der Waals surface area contributed by atoms with Crippen LogP contribution in [0.3, 0.4) is 0 Å². The quantitative estimate of drug-likeness (QED) is 0.310. The number of azo groups is 1. The third kappa shape index (κ3) is 6.60. The van der Waals surface area contributed by atoms with Crippen LogP contribution in [0.5, 0.6) is 0 Å². The van der Waals surface area contributed by atoms with Gasteiger partial charge in [-0.15, -0.1) is 0 Å². The van der Waals surface area contributed by atoms with Gasteiger partial charge in [0.1, 0.15) is 6.04 Å². The summed E-state index contributed by atoms with van der Waals surface area (Å²) in [6.45, 7) is 5.42. The number of unbranched alkanes of at least 4 members (excludes halogenated alkanes) is 2. The normalized spacial score (nSPS) is 17.3. The predicted octanol–water partition coefficient (Wildman–Crippen LogP) is 2.42. The monoisotopic (exact) mass is 200 g/mol. The number of aliphatic hydroxyl groups excluding tert-OH is 1. The molecular weight excluding hydrogens is 180 g/mol.